The lowest BCUT2D eigenvalue weighted by Gasteiger charge is -2.11. The Hall–Kier alpha value is -2.09. The number of carbonyl (C=O) groups excluding carboxylic acids is 1. The van der Waals surface area contributed by atoms with E-state index in [4.69, 9.17) is 14.6 Å². The number of oxazole rings is 1. The standard InChI is InChI=1S/C10H15N3O5/c1-2-6-3-11-8(18-6)4-12-10(17)13-7(5-14)9(15)16/h3,7,14H,2,4-5H2,1H3,(H,15,16)(H2,12,13,17)/t7-/m1/s1. The fraction of sp³-hybridized carbons (Fsp3) is 0.500. The van der Waals surface area contributed by atoms with E-state index < -0.39 is 24.6 Å². The number of carboxylic acid groups (broad SMARTS) is 1. The molecule has 1 rings (SSSR count). The van der Waals surface area contributed by atoms with E-state index in [-0.39, 0.29) is 6.54 Å². The van der Waals surface area contributed by atoms with Crippen molar-refractivity contribution in [3.05, 3.63) is 17.8 Å². The van der Waals surface area contributed by atoms with Gasteiger partial charge in [0.05, 0.1) is 19.3 Å². The minimum Gasteiger partial charge on any atom is -0.480 e. The molecule has 0 radical (unpaired) electrons. The first-order valence-corrected chi connectivity index (χ1v) is 5.38. The molecule has 1 aromatic rings. The number of carbonyl (C=O) groups is 2. The molecule has 0 aliphatic rings. The van der Waals surface area contributed by atoms with Crippen LogP contribution in [0.4, 0.5) is 4.79 Å². The predicted octanol–water partition coefficient (Wildman–Crippen LogP) is -0.518. The van der Waals surface area contributed by atoms with Gasteiger partial charge in [0.1, 0.15) is 5.76 Å². The van der Waals surface area contributed by atoms with E-state index in [1.165, 1.54) is 0 Å². The minimum absolute atomic E-state index is 0.0452. The van der Waals surface area contributed by atoms with Gasteiger partial charge < -0.3 is 25.3 Å². The fourth-order valence-corrected chi connectivity index (χ4v) is 1.14. The number of nitrogens with zero attached hydrogens (tertiary/aromatic N) is 1. The maximum Gasteiger partial charge on any atom is 0.328 e. The molecule has 0 aromatic carbocycles. The molecule has 4 N–H and O–H groups in total. The van der Waals surface area contributed by atoms with Crippen molar-refractivity contribution in [3.63, 3.8) is 0 Å². The number of hydrogen-bond acceptors (Lipinski definition) is 5. The molecule has 0 fully saturated rings. The molecular weight excluding hydrogens is 242 g/mol. The number of urea groups is 1. The molecule has 1 atom stereocenters. The first kappa shape index (κ1) is 14.0. The van der Waals surface area contributed by atoms with Gasteiger partial charge in [-0.3, -0.25) is 0 Å². The van der Waals surface area contributed by atoms with Crippen molar-refractivity contribution in [2.75, 3.05) is 6.61 Å². The topological polar surface area (TPSA) is 125 Å². The molecule has 8 nitrogen and oxygen atoms in total. The summed E-state index contributed by atoms with van der Waals surface area (Å²) in [5.41, 5.74) is 0. The van der Waals surface area contributed by atoms with Gasteiger partial charge >= 0.3 is 12.0 Å². The van der Waals surface area contributed by atoms with Crippen LogP contribution in [0.15, 0.2) is 10.6 Å². The third kappa shape index (κ3) is 4.06. The molecular formula is C10H15N3O5. The molecule has 0 spiro atoms. The number of rotatable bonds is 6. The number of aliphatic hydroxyl groups excluding tert-OH is 1. The second-order valence-corrected chi connectivity index (χ2v) is 3.47. The first-order valence-electron chi connectivity index (χ1n) is 5.38. The maximum absolute atomic E-state index is 11.3. The average Bonchev–Trinajstić information content (AvgIpc) is 2.81. The van der Waals surface area contributed by atoms with Crippen LogP contribution in [0, 0.1) is 0 Å². The number of aromatic nitrogens is 1. The van der Waals surface area contributed by atoms with Crippen LogP contribution in [0.3, 0.4) is 0 Å². The molecule has 2 amide bonds. The SMILES string of the molecule is CCc1cnc(CNC(=O)N[C@H](CO)C(=O)O)o1. The van der Waals surface area contributed by atoms with Crippen LogP contribution in [0.25, 0.3) is 0 Å². The smallest absolute Gasteiger partial charge is 0.328 e. The van der Waals surface area contributed by atoms with E-state index in [1.54, 1.807) is 6.20 Å². The zero-order chi connectivity index (χ0) is 13.5. The molecule has 1 aromatic heterocycles. The lowest BCUT2D eigenvalue weighted by molar-refractivity contribution is -0.140. The number of nitrogens with one attached hydrogen (secondary N) is 2. The van der Waals surface area contributed by atoms with Crippen LogP contribution in [-0.2, 0) is 17.8 Å². The summed E-state index contributed by atoms with van der Waals surface area (Å²) in [5.74, 6) is -0.277. The van der Waals surface area contributed by atoms with E-state index in [9.17, 15) is 9.59 Å². The predicted molar refractivity (Wildman–Crippen MR) is 59.8 cm³/mol. The van der Waals surface area contributed by atoms with Crippen molar-refractivity contribution in [2.24, 2.45) is 0 Å². The highest BCUT2D eigenvalue weighted by atomic mass is 16.4. The van der Waals surface area contributed by atoms with E-state index in [0.29, 0.717) is 18.1 Å². The molecule has 8 heteroatoms. The van der Waals surface area contributed by atoms with Gasteiger partial charge in [0.15, 0.2) is 6.04 Å². The van der Waals surface area contributed by atoms with Crippen molar-refractivity contribution < 1.29 is 24.2 Å². The van der Waals surface area contributed by atoms with Crippen LogP contribution in [0.1, 0.15) is 18.6 Å². The summed E-state index contributed by atoms with van der Waals surface area (Å²) in [6, 6.07) is -2.05. The largest absolute Gasteiger partial charge is 0.480 e. The summed E-state index contributed by atoms with van der Waals surface area (Å²) in [5, 5.41) is 21.8. The van der Waals surface area contributed by atoms with Crippen molar-refractivity contribution in [1.82, 2.24) is 15.6 Å². The molecule has 18 heavy (non-hydrogen) atoms. The third-order valence-electron chi connectivity index (χ3n) is 2.14. The van der Waals surface area contributed by atoms with Gasteiger partial charge in [0, 0.05) is 6.42 Å². The van der Waals surface area contributed by atoms with Crippen LogP contribution in [0.2, 0.25) is 0 Å². The van der Waals surface area contributed by atoms with Gasteiger partial charge in [-0.2, -0.15) is 0 Å². The summed E-state index contributed by atoms with van der Waals surface area (Å²) < 4.78 is 5.24. The van der Waals surface area contributed by atoms with E-state index in [2.05, 4.69) is 15.6 Å². The highest BCUT2D eigenvalue weighted by Gasteiger charge is 2.18. The molecule has 0 saturated carbocycles. The number of hydrogen-bond donors (Lipinski definition) is 4. The lowest BCUT2D eigenvalue weighted by Crippen LogP contribution is -2.47. The highest BCUT2D eigenvalue weighted by Crippen LogP contribution is 2.03. The van der Waals surface area contributed by atoms with Crippen molar-refractivity contribution in [2.45, 2.75) is 25.9 Å². The van der Waals surface area contributed by atoms with Crippen LogP contribution >= 0.6 is 0 Å². The van der Waals surface area contributed by atoms with Crippen molar-refractivity contribution >= 4 is 12.0 Å². The summed E-state index contributed by atoms with van der Waals surface area (Å²) in [6.45, 7) is 1.27. The van der Waals surface area contributed by atoms with Gasteiger partial charge in [-0.25, -0.2) is 14.6 Å². The molecule has 0 aliphatic heterocycles. The van der Waals surface area contributed by atoms with E-state index in [0.717, 1.165) is 0 Å². The molecule has 100 valence electrons. The maximum atomic E-state index is 11.3. The zero-order valence-corrected chi connectivity index (χ0v) is 9.84. The number of aryl methyl sites for hydroxylation is 1. The highest BCUT2D eigenvalue weighted by molar-refractivity contribution is 5.82. The Bertz CT molecular complexity index is 417. The Morgan fingerprint density at radius 3 is 2.78 bits per heavy atom. The number of amides is 2. The van der Waals surface area contributed by atoms with Crippen molar-refractivity contribution in [3.8, 4) is 0 Å². The quantitative estimate of drug-likeness (QED) is 0.543. The number of carboxylic acids is 1. The number of aliphatic carboxylic acids is 1. The Kier molecular flexibility index (Phi) is 5.12. The lowest BCUT2D eigenvalue weighted by atomic mass is 10.3. The average molecular weight is 257 g/mol. The van der Waals surface area contributed by atoms with Crippen LogP contribution < -0.4 is 10.6 Å². The van der Waals surface area contributed by atoms with E-state index >= 15 is 0 Å². The summed E-state index contributed by atoms with van der Waals surface area (Å²) in [6.07, 6.45) is 2.26. The molecule has 0 saturated heterocycles. The van der Waals surface area contributed by atoms with Gasteiger partial charge in [-0.05, 0) is 0 Å². The minimum atomic E-state index is -1.33. The normalized spacial score (nSPS) is 11.9. The molecule has 1 heterocycles. The third-order valence-corrected chi connectivity index (χ3v) is 2.14. The molecule has 0 unspecified atom stereocenters. The second-order valence-electron chi connectivity index (χ2n) is 3.47. The molecule has 0 bridgehead atoms. The van der Waals surface area contributed by atoms with Gasteiger partial charge in [0.25, 0.3) is 0 Å². The Labute approximate surface area is 103 Å². The first-order chi connectivity index (χ1) is 8.56. The Balaban J connectivity index is 2.38. The summed E-state index contributed by atoms with van der Waals surface area (Å²) in [7, 11) is 0. The fourth-order valence-electron chi connectivity index (χ4n) is 1.14. The molecule has 0 aliphatic carbocycles. The second kappa shape index (κ2) is 6.60. The summed E-state index contributed by atoms with van der Waals surface area (Å²) in [4.78, 5) is 25.8. The van der Waals surface area contributed by atoms with Gasteiger partial charge in [0.2, 0.25) is 5.89 Å². The van der Waals surface area contributed by atoms with Gasteiger partial charge in [-0.1, -0.05) is 6.92 Å². The number of aliphatic hydroxyl groups is 1. The monoisotopic (exact) mass is 257 g/mol. The van der Waals surface area contributed by atoms with Crippen LogP contribution in [-0.4, -0.2) is 39.8 Å². The Morgan fingerprint density at radius 1 is 1.56 bits per heavy atom. The van der Waals surface area contributed by atoms with Crippen molar-refractivity contribution in [1.29, 1.82) is 0 Å². The van der Waals surface area contributed by atoms with Gasteiger partial charge in [-0.15, -0.1) is 0 Å². The summed E-state index contributed by atoms with van der Waals surface area (Å²) >= 11 is 0. The van der Waals surface area contributed by atoms with E-state index in [1.807, 2.05) is 6.92 Å². The zero-order valence-electron chi connectivity index (χ0n) is 9.84. The van der Waals surface area contributed by atoms with Crippen LogP contribution in [0.5, 0.6) is 0 Å². The Morgan fingerprint density at radius 2 is 2.28 bits per heavy atom.